The summed E-state index contributed by atoms with van der Waals surface area (Å²) in [5.41, 5.74) is 6.82. The molecular weight excluding hydrogens is 214 g/mol. The maximum absolute atomic E-state index is 6.04. The number of nitrogen functional groups attached to an aromatic ring is 1. The number of nitrogens with two attached hydrogens (primary N) is 1. The minimum atomic E-state index is 0.565. The zero-order valence-electron chi connectivity index (χ0n) is 10.0. The second kappa shape index (κ2) is 4.53. The lowest BCUT2D eigenvalue weighted by molar-refractivity contribution is 0.121. The molecule has 92 valence electrons. The van der Waals surface area contributed by atoms with Crippen LogP contribution in [0.15, 0.2) is 18.3 Å². The van der Waals surface area contributed by atoms with E-state index in [1.807, 2.05) is 18.3 Å². The van der Waals surface area contributed by atoms with E-state index in [-0.39, 0.29) is 0 Å². The first kappa shape index (κ1) is 10.8. The Bertz CT molecular complexity index is 396. The second-order valence-electron chi connectivity index (χ2n) is 4.94. The summed E-state index contributed by atoms with van der Waals surface area (Å²) in [6.45, 7) is 2.58. The Morgan fingerprint density at radius 2 is 2.35 bits per heavy atom. The van der Waals surface area contributed by atoms with Crippen molar-refractivity contribution < 1.29 is 4.74 Å². The Morgan fingerprint density at radius 1 is 1.41 bits per heavy atom. The van der Waals surface area contributed by atoms with Crippen molar-refractivity contribution in [3.05, 3.63) is 18.3 Å². The first-order valence-corrected chi connectivity index (χ1v) is 6.41. The molecule has 1 aromatic heterocycles. The third-order valence-electron chi connectivity index (χ3n) is 3.92. The summed E-state index contributed by atoms with van der Waals surface area (Å²) in [7, 11) is 0. The van der Waals surface area contributed by atoms with Gasteiger partial charge in [-0.3, -0.25) is 0 Å². The summed E-state index contributed by atoms with van der Waals surface area (Å²) in [5, 5.41) is 0. The quantitative estimate of drug-likeness (QED) is 0.801. The van der Waals surface area contributed by atoms with Gasteiger partial charge in [0.15, 0.2) is 5.82 Å². The van der Waals surface area contributed by atoms with Gasteiger partial charge in [0, 0.05) is 24.7 Å². The van der Waals surface area contributed by atoms with Crippen molar-refractivity contribution in [1.82, 2.24) is 4.98 Å². The Labute approximate surface area is 102 Å². The number of rotatable bonds is 1. The van der Waals surface area contributed by atoms with E-state index in [0.29, 0.717) is 12.0 Å². The van der Waals surface area contributed by atoms with Crippen LogP contribution in [-0.4, -0.2) is 30.8 Å². The van der Waals surface area contributed by atoms with Gasteiger partial charge < -0.3 is 15.4 Å². The fraction of sp³-hybridized carbons (Fsp3) is 0.615. The molecule has 1 aliphatic heterocycles. The van der Waals surface area contributed by atoms with Crippen molar-refractivity contribution in [1.29, 1.82) is 0 Å². The Kier molecular flexibility index (Phi) is 2.89. The van der Waals surface area contributed by atoms with Crippen molar-refractivity contribution in [2.75, 3.05) is 30.4 Å². The number of nitrogens with zero attached hydrogens (tertiary/aromatic N) is 2. The third kappa shape index (κ3) is 1.97. The van der Waals surface area contributed by atoms with Crippen molar-refractivity contribution in [3.8, 4) is 0 Å². The lowest BCUT2D eigenvalue weighted by atomic mass is 10.0. The Morgan fingerprint density at radius 3 is 3.24 bits per heavy atom. The van der Waals surface area contributed by atoms with Crippen molar-refractivity contribution >= 4 is 11.5 Å². The number of hydrogen-bond acceptors (Lipinski definition) is 4. The number of ether oxygens (including phenoxy) is 1. The van der Waals surface area contributed by atoms with Crippen LogP contribution < -0.4 is 10.6 Å². The molecule has 1 aliphatic carbocycles. The molecule has 2 heterocycles. The van der Waals surface area contributed by atoms with Gasteiger partial charge in [0.05, 0.1) is 18.9 Å². The largest absolute Gasteiger partial charge is 0.396 e. The standard InChI is InChI=1S/C13H19N3O/c14-11-4-2-6-15-13(11)16-7-8-17-9-10-3-1-5-12(10)16/h2,4,6,10,12H,1,3,5,7-9,14H2/t10-,12+/m0/s1. The molecule has 2 fully saturated rings. The summed E-state index contributed by atoms with van der Waals surface area (Å²) in [5.74, 6) is 1.59. The van der Waals surface area contributed by atoms with Gasteiger partial charge in [-0.25, -0.2) is 4.98 Å². The summed E-state index contributed by atoms with van der Waals surface area (Å²) >= 11 is 0. The van der Waals surface area contributed by atoms with Crippen LogP contribution in [0.25, 0.3) is 0 Å². The van der Waals surface area contributed by atoms with Crippen LogP contribution in [0.4, 0.5) is 11.5 Å². The molecule has 1 saturated carbocycles. The second-order valence-corrected chi connectivity index (χ2v) is 4.94. The highest BCUT2D eigenvalue weighted by Gasteiger charge is 2.35. The topological polar surface area (TPSA) is 51.4 Å². The predicted octanol–water partition coefficient (Wildman–Crippen LogP) is 1.67. The van der Waals surface area contributed by atoms with Crippen LogP contribution in [0, 0.1) is 5.92 Å². The van der Waals surface area contributed by atoms with Crippen LogP contribution in [0.1, 0.15) is 19.3 Å². The number of aromatic nitrogens is 1. The fourth-order valence-corrected chi connectivity index (χ4v) is 3.10. The molecule has 0 radical (unpaired) electrons. The summed E-state index contributed by atoms with van der Waals surface area (Å²) in [6, 6.07) is 4.38. The summed E-state index contributed by atoms with van der Waals surface area (Å²) in [6.07, 6.45) is 5.63. The highest BCUT2D eigenvalue weighted by Crippen LogP contribution is 2.35. The highest BCUT2D eigenvalue weighted by molar-refractivity contribution is 5.62. The minimum Gasteiger partial charge on any atom is -0.396 e. The summed E-state index contributed by atoms with van der Waals surface area (Å²) < 4.78 is 5.69. The molecule has 0 spiro atoms. The van der Waals surface area contributed by atoms with Gasteiger partial charge in [-0.05, 0) is 25.0 Å². The molecule has 1 saturated heterocycles. The van der Waals surface area contributed by atoms with E-state index in [1.54, 1.807) is 0 Å². The van der Waals surface area contributed by atoms with Gasteiger partial charge in [-0.15, -0.1) is 0 Å². The minimum absolute atomic E-state index is 0.565. The first-order chi connectivity index (χ1) is 8.36. The molecular formula is C13H19N3O. The van der Waals surface area contributed by atoms with Gasteiger partial charge in [0.25, 0.3) is 0 Å². The number of pyridine rings is 1. The molecule has 4 nitrogen and oxygen atoms in total. The van der Waals surface area contributed by atoms with Crippen LogP contribution in [0.2, 0.25) is 0 Å². The van der Waals surface area contributed by atoms with E-state index >= 15 is 0 Å². The zero-order valence-corrected chi connectivity index (χ0v) is 10.0. The SMILES string of the molecule is Nc1cccnc1N1CCOC[C@@H]2CCC[C@H]21. The molecule has 0 unspecified atom stereocenters. The Hall–Kier alpha value is -1.29. The molecule has 2 N–H and O–H groups in total. The van der Waals surface area contributed by atoms with Gasteiger partial charge in [0.1, 0.15) is 0 Å². The van der Waals surface area contributed by atoms with Gasteiger partial charge in [-0.2, -0.15) is 0 Å². The lowest BCUT2D eigenvalue weighted by Crippen LogP contribution is -2.39. The van der Waals surface area contributed by atoms with Crippen LogP contribution >= 0.6 is 0 Å². The van der Waals surface area contributed by atoms with Gasteiger partial charge in [-0.1, -0.05) is 6.42 Å². The monoisotopic (exact) mass is 233 g/mol. The lowest BCUT2D eigenvalue weighted by Gasteiger charge is -2.31. The Balaban J connectivity index is 1.92. The fourth-order valence-electron chi connectivity index (χ4n) is 3.10. The summed E-state index contributed by atoms with van der Waals surface area (Å²) in [4.78, 5) is 6.81. The molecule has 0 amide bonds. The molecule has 1 aromatic rings. The zero-order chi connectivity index (χ0) is 11.7. The average Bonchev–Trinajstić information content (AvgIpc) is 2.71. The molecule has 0 aromatic carbocycles. The third-order valence-corrected chi connectivity index (χ3v) is 3.92. The van der Waals surface area contributed by atoms with E-state index < -0.39 is 0 Å². The number of fused-ring (bicyclic) bond motifs is 1. The molecule has 3 rings (SSSR count). The molecule has 2 atom stereocenters. The maximum Gasteiger partial charge on any atom is 0.152 e. The van der Waals surface area contributed by atoms with E-state index in [1.165, 1.54) is 19.3 Å². The van der Waals surface area contributed by atoms with Gasteiger partial charge >= 0.3 is 0 Å². The highest BCUT2D eigenvalue weighted by atomic mass is 16.5. The van der Waals surface area contributed by atoms with Crippen LogP contribution in [0.3, 0.4) is 0 Å². The smallest absolute Gasteiger partial charge is 0.152 e. The molecule has 4 heteroatoms. The van der Waals surface area contributed by atoms with E-state index in [4.69, 9.17) is 10.5 Å². The average molecular weight is 233 g/mol. The molecule has 17 heavy (non-hydrogen) atoms. The number of hydrogen-bond donors (Lipinski definition) is 1. The first-order valence-electron chi connectivity index (χ1n) is 6.41. The molecule has 0 bridgehead atoms. The van der Waals surface area contributed by atoms with E-state index in [9.17, 15) is 0 Å². The van der Waals surface area contributed by atoms with Crippen molar-refractivity contribution in [3.63, 3.8) is 0 Å². The molecule has 2 aliphatic rings. The van der Waals surface area contributed by atoms with Crippen LogP contribution in [0.5, 0.6) is 0 Å². The van der Waals surface area contributed by atoms with E-state index in [2.05, 4.69) is 9.88 Å². The predicted molar refractivity (Wildman–Crippen MR) is 67.9 cm³/mol. The normalized spacial score (nSPS) is 28.8. The van der Waals surface area contributed by atoms with Gasteiger partial charge in [0.2, 0.25) is 0 Å². The maximum atomic E-state index is 6.04. The van der Waals surface area contributed by atoms with Crippen molar-refractivity contribution in [2.24, 2.45) is 5.92 Å². The van der Waals surface area contributed by atoms with Crippen molar-refractivity contribution in [2.45, 2.75) is 25.3 Å². The number of anilines is 2. The van der Waals surface area contributed by atoms with Crippen LogP contribution in [-0.2, 0) is 4.74 Å². The van der Waals surface area contributed by atoms with E-state index in [0.717, 1.165) is 31.3 Å².